The summed E-state index contributed by atoms with van der Waals surface area (Å²) < 4.78 is 35.3. The molecule has 0 spiro atoms. The van der Waals surface area contributed by atoms with Crippen molar-refractivity contribution in [3.05, 3.63) is 52.4 Å². The molecule has 1 aliphatic rings. The van der Waals surface area contributed by atoms with Gasteiger partial charge < -0.3 is 14.8 Å². The summed E-state index contributed by atoms with van der Waals surface area (Å²) in [4.78, 5) is 24.9. The minimum Gasteiger partial charge on any atom is -0.466 e. The molecule has 1 aromatic carbocycles. The second kappa shape index (κ2) is 7.83. The SMILES string of the molecule is COC(=O)C1=C(C)NC(C)=C(C(=O)OC)C1c1cccc(NS(C)(=O)=O)c1. The van der Waals surface area contributed by atoms with Crippen molar-refractivity contribution in [3.8, 4) is 0 Å². The zero-order valence-corrected chi connectivity index (χ0v) is 16.6. The first-order valence-electron chi connectivity index (χ1n) is 8.02. The van der Waals surface area contributed by atoms with Gasteiger partial charge in [0, 0.05) is 17.1 Å². The molecule has 0 atom stereocenters. The van der Waals surface area contributed by atoms with E-state index in [4.69, 9.17) is 9.47 Å². The second-order valence-corrected chi connectivity index (χ2v) is 7.87. The number of sulfonamides is 1. The lowest BCUT2D eigenvalue weighted by molar-refractivity contribution is -0.137. The Hall–Kier alpha value is -2.81. The monoisotopic (exact) mass is 394 g/mol. The molecule has 0 saturated heterocycles. The number of carbonyl (C=O) groups excluding carboxylic acids is 2. The highest BCUT2D eigenvalue weighted by atomic mass is 32.2. The largest absolute Gasteiger partial charge is 0.466 e. The molecular formula is C18H22N2O6S. The van der Waals surface area contributed by atoms with Crippen molar-refractivity contribution in [2.45, 2.75) is 19.8 Å². The van der Waals surface area contributed by atoms with Gasteiger partial charge in [-0.2, -0.15) is 0 Å². The molecule has 8 nitrogen and oxygen atoms in total. The van der Waals surface area contributed by atoms with Crippen LogP contribution in [0.2, 0.25) is 0 Å². The molecule has 0 saturated carbocycles. The number of nitrogens with one attached hydrogen (secondary N) is 2. The summed E-state index contributed by atoms with van der Waals surface area (Å²) >= 11 is 0. The predicted octanol–water partition coefficient (Wildman–Crippen LogP) is 1.64. The van der Waals surface area contributed by atoms with Gasteiger partial charge in [0.05, 0.1) is 37.5 Å². The van der Waals surface area contributed by atoms with Gasteiger partial charge in [0.25, 0.3) is 0 Å². The lowest BCUT2D eigenvalue weighted by Crippen LogP contribution is -2.32. The summed E-state index contributed by atoms with van der Waals surface area (Å²) in [5.74, 6) is -1.96. The van der Waals surface area contributed by atoms with Crippen LogP contribution in [0, 0.1) is 0 Å². The van der Waals surface area contributed by atoms with Gasteiger partial charge in [-0.3, -0.25) is 4.72 Å². The van der Waals surface area contributed by atoms with Crippen LogP contribution in [-0.4, -0.2) is 40.8 Å². The minimum atomic E-state index is -3.48. The van der Waals surface area contributed by atoms with Gasteiger partial charge in [0.2, 0.25) is 10.0 Å². The van der Waals surface area contributed by atoms with Crippen molar-refractivity contribution >= 4 is 27.6 Å². The highest BCUT2D eigenvalue weighted by molar-refractivity contribution is 7.92. The summed E-state index contributed by atoms with van der Waals surface area (Å²) in [7, 11) is -0.976. The van der Waals surface area contributed by atoms with Crippen LogP contribution in [0.25, 0.3) is 0 Å². The number of rotatable bonds is 5. The van der Waals surface area contributed by atoms with Gasteiger partial charge >= 0.3 is 11.9 Å². The van der Waals surface area contributed by atoms with Crippen molar-refractivity contribution in [2.24, 2.45) is 0 Å². The third-order valence-corrected chi connectivity index (χ3v) is 4.70. The number of ether oxygens (including phenoxy) is 2. The Morgan fingerprint density at radius 2 is 1.56 bits per heavy atom. The Kier molecular flexibility index (Phi) is 5.94. The zero-order valence-electron chi connectivity index (χ0n) is 15.7. The summed E-state index contributed by atoms with van der Waals surface area (Å²) in [6.45, 7) is 3.41. The quantitative estimate of drug-likeness (QED) is 0.730. The molecule has 1 aromatic rings. The van der Waals surface area contributed by atoms with Crippen molar-refractivity contribution in [1.82, 2.24) is 5.32 Å². The number of hydrogen-bond donors (Lipinski definition) is 2. The average molecular weight is 394 g/mol. The molecule has 0 fully saturated rings. The maximum atomic E-state index is 12.4. The summed E-state index contributed by atoms with van der Waals surface area (Å²) in [5, 5.41) is 3.01. The van der Waals surface area contributed by atoms with Crippen molar-refractivity contribution < 1.29 is 27.5 Å². The van der Waals surface area contributed by atoms with E-state index in [2.05, 4.69) is 10.0 Å². The van der Waals surface area contributed by atoms with Crippen molar-refractivity contribution in [2.75, 3.05) is 25.2 Å². The average Bonchev–Trinajstić information content (AvgIpc) is 2.58. The third kappa shape index (κ3) is 4.48. The number of methoxy groups -OCH3 is 2. The fourth-order valence-corrected chi connectivity index (χ4v) is 3.64. The van der Waals surface area contributed by atoms with E-state index in [1.54, 1.807) is 38.1 Å². The molecule has 0 aromatic heterocycles. The molecule has 0 aliphatic carbocycles. The van der Waals surface area contributed by atoms with Crippen LogP contribution in [0.5, 0.6) is 0 Å². The number of allylic oxidation sites excluding steroid dienone is 2. The van der Waals surface area contributed by atoms with Crippen LogP contribution in [-0.2, 0) is 29.1 Å². The molecule has 1 heterocycles. The molecule has 27 heavy (non-hydrogen) atoms. The van der Waals surface area contributed by atoms with Crippen LogP contribution >= 0.6 is 0 Å². The fraction of sp³-hybridized carbons (Fsp3) is 0.333. The summed E-state index contributed by atoms with van der Waals surface area (Å²) in [6.07, 6.45) is 1.04. The number of carbonyl (C=O) groups is 2. The highest BCUT2D eigenvalue weighted by Crippen LogP contribution is 2.39. The summed E-state index contributed by atoms with van der Waals surface area (Å²) in [5.41, 5.74) is 2.44. The van der Waals surface area contributed by atoms with Gasteiger partial charge in [-0.1, -0.05) is 12.1 Å². The normalized spacial score (nSPS) is 15.3. The van der Waals surface area contributed by atoms with Crippen LogP contribution in [0.3, 0.4) is 0 Å². The van der Waals surface area contributed by atoms with E-state index in [0.717, 1.165) is 6.26 Å². The Labute approximate surface area is 158 Å². The Balaban J connectivity index is 2.68. The van der Waals surface area contributed by atoms with Gasteiger partial charge in [-0.05, 0) is 31.5 Å². The van der Waals surface area contributed by atoms with E-state index in [1.165, 1.54) is 14.2 Å². The first-order valence-corrected chi connectivity index (χ1v) is 9.91. The van der Waals surface area contributed by atoms with Gasteiger partial charge in [-0.25, -0.2) is 18.0 Å². The maximum Gasteiger partial charge on any atom is 0.336 e. The molecule has 9 heteroatoms. The van der Waals surface area contributed by atoms with E-state index in [9.17, 15) is 18.0 Å². The Morgan fingerprint density at radius 3 is 2.00 bits per heavy atom. The van der Waals surface area contributed by atoms with Gasteiger partial charge in [0.1, 0.15) is 0 Å². The second-order valence-electron chi connectivity index (χ2n) is 6.12. The maximum absolute atomic E-state index is 12.4. The number of anilines is 1. The lowest BCUT2D eigenvalue weighted by atomic mass is 9.80. The molecule has 0 radical (unpaired) electrons. The van der Waals surface area contributed by atoms with E-state index in [1.807, 2.05) is 0 Å². The van der Waals surface area contributed by atoms with Gasteiger partial charge in [0.15, 0.2) is 0 Å². The minimum absolute atomic E-state index is 0.250. The Morgan fingerprint density at radius 1 is 1.04 bits per heavy atom. The smallest absolute Gasteiger partial charge is 0.336 e. The topological polar surface area (TPSA) is 111 Å². The first kappa shape index (κ1) is 20.5. The number of esters is 2. The molecule has 0 amide bonds. The molecule has 2 rings (SSSR count). The number of dihydropyridines is 1. The molecular weight excluding hydrogens is 372 g/mol. The van der Waals surface area contributed by atoms with E-state index in [-0.39, 0.29) is 11.1 Å². The van der Waals surface area contributed by atoms with Crippen LogP contribution < -0.4 is 10.0 Å². The third-order valence-electron chi connectivity index (χ3n) is 4.09. The molecule has 146 valence electrons. The van der Waals surface area contributed by atoms with Crippen LogP contribution in [0.15, 0.2) is 46.8 Å². The predicted molar refractivity (Wildman–Crippen MR) is 100 cm³/mol. The van der Waals surface area contributed by atoms with Crippen molar-refractivity contribution in [3.63, 3.8) is 0 Å². The number of benzene rings is 1. The Bertz CT molecular complexity index is 908. The standard InChI is InChI=1S/C18H22N2O6S/c1-10-14(17(21)25-3)16(15(11(2)19-10)18(22)26-4)12-7-6-8-13(9-12)20-27(5,23)24/h6-9,16,19-20H,1-5H3. The van der Waals surface area contributed by atoms with E-state index >= 15 is 0 Å². The first-order chi connectivity index (χ1) is 12.6. The molecule has 1 aliphatic heterocycles. The van der Waals surface area contributed by atoms with E-state index < -0.39 is 27.9 Å². The lowest BCUT2D eigenvalue weighted by Gasteiger charge is -2.30. The molecule has 0 bridgehead atoms. The zero-order chi connectivity index (χ0) is 20.4. The van der Waals surface area contributed by atoms with Crippen LogP contribution in [0.1, 0.15) is 25.3 Å². The fourth-order valence-electron chi connectivity index (χ4n) is 3.08. The molecule has 2 N–H and O–H groups in total. The van der Waals surface area contributed by atoms with E-state index in [0.29, 0.717) is 22.6 Å². The highest BCUT2D eigenvalue weighted by Gasteiger charge is 2.37. The molecule has 0 unspecified atom stereocenters. The van der Waals surface area contributed by atoms with Crippen molar-refractivity contribution in [1.29, 1.82) is 0 Å². The van der Waals surface area contributed by atoms with Crippen LogP contribution in [0.4, 0.5) is 5.69 Å². The van der Waals surface area contributed by atoms with Gasteiger partial charge in [-0.15, -0.1) is 0 Å². The number of hydrogen-bond acceptors (Lipinski definition) is 7. The summed E-state index contributed by atoms with van der Waals surface area (Å²) in [6, 6.07) is 6.49.